The average molecular weight is 1270 g/mol. The summed E-state index contributed by atoms with van der Waals surface area (Å²) in [5, 5.41) is 15.6. The van der Waals surface area contributed by atoms with Crippen molar-refractivity contribution in [1.82, 2.24) is 40.7 Å². The van der Waals surface area contributed by atoms with Crippen LogP contribution in [0.4, 0.5) is 11.4 Å². The number of para-hydroxylation sites is 1. The number of hydrogen-bond acceptors (Lipinski definition) is 16. The lowest BCUT2D eigenvalue weighted by Gasteiger charge is -2.37. The van der Waals surface area contributed by atoms with Crippen LogP contribution in [0.5, 0.6) is 17.2 Å². The summed E-state index contributed by atoms with van der Waals surface area (Å²) in [6.45, 7) is 15.5. The van der Waals surface area contributed by atoms with E-state index in [4.69, 9.17) is 33.4 Å². The van der Waals surface area contributed by atoms with Gasteiger partial charge in [-0.05, 0) is 159 Å². The number of nitrogens with zero attached hydrogens (tertiary/aromatic N) is 4. The SMILES string of the molecule is CC[C@H](C(=O)N1CCCC[C@H]1C(=O)O[C@H](CCc1ccc(C)c(C)c1)c1cccc(OCC(=O)NCCOCCOCCC(=O)NCCCNc2ccnc(-c3nc4c(NC(=O)c5ccc(CN6CCNCC6)cc5)cccc4[nH]3)c2)c1)c1cc(C)c(OC)c(OC)c1. The average Bonchev–Trinajstić information content (AvgIpc) is 1.83. The largest absolute Gasteiger partial charge is 0.493 e. The van der Waals surface area contributed by atoms with Crippen molar-refractivity contribution in [3.8, 4) is 28.8 Å². The van der Waals surface area contributed by atoms with Gasteiger partial charge in [-0.1, -0.05) is 61.5 Å². The van der Waals surface area contributed by atoms with Gasteiger partial charge in [0, 0.05) is 82.8 Å². The van der Waals surface area contributed by atoms with Crippen LogP contribution in [0, 0.1) is 20.8 Å². The summed E-state index contributed by atoms with van der Waals surface area (Å²) in [5.41, 5.74) is 11.1. The highest BCUT2D eigenvalue weighted by molar-refractivity contribution is 6.08. The van der Waals surface area contributed by atoms with Crippen molar-refractivity contribution in [2.24, 2.45) is 0 Å². The number of H-pyrrole nitrogens is 1. The van der Waals surface area contributed by atoms with Gasteiger partial charge in [0.15, 0.2) is 23.9 Å². The Kier molecular flexibility index (Phi) is 25.5. The number of likely N-dealkylation sites (tertiary alicyclic amines) is 1. The standard InChI is InChI=1S/C72H90N10O11/c1-7-58(55-42-50(4)68(89-6)64(44-55)88-5)71(86)82-34-9-8-17-62(82)72(87)93-63(25-22-51-19-18-48(2)49(3)41-51)54-13-10-14-57(43-54)92-47-66(84)77-33-38-91-40-39-90-37-27-65(83)76-29-12-28-74-56-26-30-75-61(45-56)69-78-59-15-11-16-60(67(59)80-69)79-70(85)53-23-20-52(21-24-53)46-81-35-31-73-32-36-81/h10-11,13-16,18-21,23-24,26,30,41-45,58,62-63,73H,7-9,12,17,22,25,27-29,31-40,46-47H2,1-6H3,(H,74,75)(H,76,83)(H,77,84)(H,78,80)(H,79,85)/t58-,62-,63+/m0/s1. The highest BCUT2D eigenvalue weighted by Crippen LogP contribution is 2.38. The van der Waals surface area contributed by atoms with Gasteiger partial charge < -0.3 is 64.9 Å². The molecule has 2 fully saturated rings. The summed E-state index contributed by atoms with van der Waals surface area (Å²) >= 11 is 0. The van der Waals surface area contributed by atoms with Gasteiger partial charge in [0.1, 0.15) is 29.1 Å². The lowest BCUT2D eigenvalue weighted by Crippen LogP contribution is -2.50. The first-order chi connectivity index (χ1) is 45.3. The van der Waals surface area contributed by atoms with Crippen molar-refractivity contribution in [2.45, 2.75) is 104 Å². The van der Waals surface area contributed by atoms with Crippen molar-refractivity contribution in [2.75, 3.05) is 110 Å². The van der Waals surface area contributed by atoms with Crippen molar-refractivity contribution < 1.29 is 52.4 Å². The van der Waals surface area contributed by atoms with Gasteiger partial charge in [0.25, 0.3) is 11.8 Å². The predicted octanol–water partition coefficient (Wildman–Crippen LogP) is 9.55. The number of benzene rings is 5. The molecule has 5 aromatic carbocycles. The fourth-order valence-electron chi connectivity index (χ4n) is 11.7. The Labute approximate surface area is 545 Å². The molecule has 2 aliphatic heterocycles. The van der Waals surface area contributed by atoms with Crippen molar-refractivity contribution >= 4 is 52.0 Å². The van der Waals surface area contributed by atoms with Crippen molar-refractivity contribution in [1.29, 1.82) is 0 Å². The second-order valence-corrected chi connectivity index (χ2v) is 23.7. The van der Waals surface area contributed by atoms with Gasteiger partial charge >= 0.3 is 5.97 Å². The van der Waals surface area contributed by atoms with Crippen molar-refractivity contribution in [3.05, 3.63) is 160 Å². The van der Waals surface area contributed by atoms with Gasteiger partial charge in [-0.3, -0.25) is 29.1 Å². The number of anilines is 2. The molecular formula is C72H90N10O11. The van der Waals surface area contributed by atoms with Crippen LogP contribution < -0.4 is 40.8 Å². The molecule has 2 saturated heterocycles. The topological polar surface area (TPSA) is 249 Å². The number of rotatable bonds is 33. The van der Waals surface area contributed by atoms with E-state index >= 15 is 0 Å². The molecule has 93 heavy (non-hydrogen) atoms. The van der Waals surface area contributed by atoms with E-state index in [0.29, 0.717) is 103 Å². The van der Waals surface area contributed by atoms with Gasteiger partial charge in [-0.15, -0.1) is 0 Å². The third-order valence-corrected chi connectivity index (χ3v) is 17.0. The molecule has 0 saturated carbocycles. The second-order valence-electron chi connectivity index (χ2n) is 23.7. The van der Waals surface area contributed by atoms with Crippen LogP contribution in [-0.4, -0.2) is 160 Å². The van der Waals surface area contributed by atoms with Gasteiger partial charge in [-0.25, -0.2) is 9.78 Å². The maximum Gasteiger partial charge on any atom is 0.329 e. The zero-order chi connectivity index (χ0) is 65.5. The summed E-state index contributed by atoms with van der Waals surface area (Å²) in [7, 11) is 3.17. The van der Waals surface area contributed by atoms with Crippen LogP contribution in [0.25, 0.3) is 22.6 Å². The molecule has 21 heteroatoms. The normalized spacial score (nSPS) is 14.8. The Bertz CT molecular complexity index is 3630. The fraction of sp³-hybridized carbons (Fsp3) is 0.431. The number of imidazole rings is 1. The molecule has 4 heterocycles. The third kappa shape index (κ3) is 19.6. The maximum absolute atomic E-state index is 14.5. The number of nitrogens with one attached hydrogen (secondary N) is 6. The molecule has 2 aromatic heterocycles. The van der Waals surface area contributed by atoms with Crippen LogP contribution in [0.3, 0.4) is 0 Å². The number of carbonyl (C=O) groups is 5. The third-order valence-electron chi connectivity index (χ3n) is 17.0. The monoisotopic (exact) mass is 1270 g/mol. The van der Waals surface area contributed by atoms with Crippen LogP contribution in [-0.2, 0) is 46.4 Å². The summed E-state index contributed by atoms with van der Waals surface area (Å²) in [6.07, 6.45) is 5.63. The molecule has 0 unspecified atom stereocenters. The van der Waals surface area contributed by atoms with Gasteiger partial charge in [-0.2, -0.15) is 0 Å². The number of carbonyl (C=O) groups excluding carboxylic acids is 5. The van der Waals surface area contributed by atoms with Gasteiger partial charge in [0.05, 0.1) is 57.8 Å². The first kappa shape index (κ1) is 68.5. The highest BCUT2D eigenvalue weighted by Gasteiger charge is 2.38. The Balaban J connectivity index is 0.652. The number of esters is 1. The number of piperidine rings is 1. The zero-order valence-corrected chi connectivity index (χ0v) is 54.5. The second kappa shape index (κ2) is 34.7. The number of fused-ring (bicyclic) bond motifs is 1. The lowest BCUT2D eigenvalue weighted by atomic mass is 9.91. The minimum absolute atomic E-state index is 0.116. The molecule has 0 radical (unpaired) electrons. The zero-order valence-electron chi connectivity index (χ0n) is 54.5. The van der Waals surface area contributed by atoms with E-state index in [2.05, 4.69) is 73.5 Å². The molecule has 21 nitrogen and oxygen atoms in total. The number of amides is 4. The van der Waals surface area contributed by atoms with E-state index in [1.54, 1.807) is 37.4 Å². The molecule has 6 N–H and O–H groups in total. The van der Waals surface area contributed by atoms with E-state index in [1.165, 1.54) is 16.7 Å². The highest BCUT2D eigenvalue weighted by atomic mass is 16.5. The molecule has 7 aromatic rings. The summed E-state index contributed by atoms with van der Waals surface area (Å²) < 4.78 is 34.9. The smallest absolute Gasteiger partial charge is 0.329 e. The first-order valence-electron chi connectivity index (χ1n) is 32.5. The van der Waals surface area contributed by atoms with Crippen LogP contribution in [0.1, 0.15) is 113 Å². The lowest BCUT2D eigenvalue weighted by molar-refractivity contribution is -0.162. The molecule has 9 rings (SSSR count). The molecule has 2 aliphatic rings. The molecule has 0 bridgehead atoms. The Morgan fingerprint density at radius 2 is 1.52 bits per heavy atom. The van der Waals surface area contributed by atoms with Gasteiger partial charge in [0.2, 0.25) is 11.8 Å². The summed E-state index contributed by atoms with van der Waals surface area (Å²) in [5.74, 6) is 0.438. The Morgan fingerprint density at radius 1 is 0.731 bits per heavy atom. The number of pyridine rings is 1. The van der Waals surface area contributed by atoms with Crippen LogP contribution >= 0.6 is 0 Å². The van der Waals surface area contributed by atoms with E-state index in [-0.39, 0.29) is 69.6 Å². The first-order valence-corrected chi connectivity index (χ1v) is 32.5. The van der Waals surface area contributed by atoms with E-state index < -0.39 is 24.0 Å². The number of aromatic amines is 1. The fourth-order valence-corrected chi connectivity index (χ4v) is 11.7. The number of piperazine rings is 1. The minimum Gasteiger partial charge on any atom is -0.493 e. The molecular weight excluding hydrogens is 1180 g/mol. The summed E-state index contributed by atoms with van der Waals surface area (Å²) in [6, 6.07) is 33.8. The quantitative estimate of drug-likeness (QED) is 0.0166. The number of aromatic nitrogens is 3. The Morgan fingerprint density at radius 3 is 2.30 bits per heavy atom. The molecule has 494 valence electrons. The predicted molar refractivity (Wildman–Crippen MR) is 359 cm³/mol. The van der Waals surface area contributed by atoms with E-state index in [1.807, 2.05) is 92.7 Å². The maximum atomic E-state index is 14.5. The Hall–Kier alpha value is -8.89. The molecule has 3 atom stereocenters. The minimum atomic E-state index is -0.756. The number of methoxy groups -OCH3 is 2. The van der Waals surface area contributed by atoms with Crippen LogP contribution in [0.15, 0.2) is 115 Å². The molecule has 4 amide bonds. The number of aryl methyl sites for hydroxylation is 4. The van der Waals surface area contributed by atoms with E-state index in [0.717, 1.165) is 73.5 Å². The van der Waals surface area contributed by atoms with Crippen molar-refractivity contribution in [3.63, 3.8) is 0 Å². The van der Waals surface area contributed by atoms with Crippen LogP contribution in [0.2, 0.25) is 0 Å². The van der Waals surface area contributed by atoms with E-state index in [9.17, 15) is 24.0 Å². The molecule has 0 aliphatic carbocycles. The summed E-state index contributed by atoms with van der Waals surface area (Å²) in [4.78, 5) is 84.5. The number of hydrogen-bond donors (Lipinski definition) is 6. The molecule has 0 spiro atoms. The number of ether oxygens (including phenoxy) is 6.